The number of unbranched alkanes of at least 4 members (excludes halogenated alkanes) is 1. The van der Waals surface area contributed by atoms with E-state index < -0.39 is 11.2 Å². The van der Waals surface area contributed by atoms with E-state index in [1.165, 1.54) is 31.0 Å². The molecule has 3 heterocycles. The van der Waals surface area contributed by atoms with Gasteiger partial charge < -0.3 is 8.98 Å². The summed E-state index contributed by atoms with van der Waals surface area (Å²) in [6.45, 7) is 2.58. The maximum atomic E-state index is 12.3. The molecule has 4 rings (SSSR count). The minimum absolute atomic E-state index is 0.368. The molecule has 0 bridgehead atoms. The number of rotatable bonds is 7. The number of imidazole rings is 1. The van der Waals surface area contributed by atoms with Crippen LogP contribution in [-0.2, 0) is 19.3 Å². The van der Waals surface area contributed by atoms with Crippen LogP contribution in [0.5, 0.6) is 0 Å². The van der Waals surface area contributed by atoms with Gasteiger partial charge in [0.15, 0.2) is 11.2 Å². The molecule has 1 aliphatic carbocycles. The Balaban J connectivity index is 1.56. The first kappa shape index (κ1) is 19.9. The Labute approximate surface area is 171 Å². The first-order valence-corrected chi connectivity index (χ1v) is 11.2. The highest BCUT2D eigenvalue weighted by molar-refractivity contribution is 7.98. The van der Waals surface area contributed by atoms with Crippen LogP contribution in [0.15, 0.2) is 19.2 Å². The lowest BCUT2D eigenvalue weighted by Gasteiger charge is -2.17. The summed E-state index contributed by atoms with van der Waals surface area (Å²) in [4.78, 5) is 31.6. The maximum Gasteiger partial charge on any atom is 0.330 e. The van der Waals surface area contributed by atoms with E-state index in [2.05, 4.69) is 27.1 Å². The molecule has 0 spiro atoms. The van der Waals surface area contributed by atoms with Crippen molar-refractivity contribution in [2.24, 2.45) is 7.05 Å². The number of thioether (sulfide) groups is 1. The summed E-state index contributed by atoms with van der Waals surface area (Å²) >= 11 is 1.40. The van der Waals surface area contributed by atoms with E-state index in [4.69, 9.17) is 4.42 Å². The maximum absolute atomic E-state index is 12.3. The normalized spacial score (nSPS) is 15.4. The van der Waals surface area contributed by atoms with Crippen LogP contribution in [0.2, 0.25) is 0 Å². The Morgan fingerprint density at radius 3 is 2.76 bits per heavy atom. The Kier molecular flexibility index (Phi) is 5.89. The molecule has 1 saturated carbocycles. The summed E-state index contributed by atoms with van der Waals surface area (Å²) in [6.07, 6.45) is 7.70. The van der Waals surface area contributed by atoms with Crippen LogP contribution in [-0.4, -0.2) is 29.3 Å². The molecule has 0 unspecified atom stereocenters. The van der Waals surface area contributed by atoms with Gasteiger partial charge in [-0.25, -0.2) is 9.78 Å². The second-order valence-electron chi connectivity index (χ2n) is 7.55. The molecular formula is C19H26N6O3S. The van der Waals surface area contributed by atoms with E-state index in [1.807, 2.05) is 0 Å². The highest BCUT2D eigenvalue weighted by Gasteiger charge is 2.22. The van der Waals surface area contributed by atoms with Crippen molar-refractivity contribution in [3.8, 4) is 0 Å². The Morgan fingerprint density at radius 2 is 2.00 bits per heavy atom. The fourth-order valence-corrected chi connectivity index (χ4v) is 4.62. The van der Waals surface area contributed by atoms with Crippen molar-refractivity contribution >= 4 is 22.9 Å². The van der Waals surface area contributed by atoms with Gasteiger partial charge >= 0.3 is 5.69 Å². The van der Waals surface area contributed by atoms with Crippen LogP contribution in [0.1, 0.15) is 69.5 Å². The molecule has 9 nitrogen and oxygen atoms in total. The summed E-state index contributed by atoms with van der Waals surface area (Å²) in [7, 11) is 1.79. The Bertz CT molecular complexity index is 1110. The number of aromatic amines is 1. The van der Waals surface area contributed by atoms with E-state index in [9.17, 15) is 9.59 Å². The lowest BCUT2D eigenvalue weighted by molar-refractivity contribution is 0.334. The molecule has 29 heavy (non-hydrogen) atoms. The van der Waals surface area contributed by atoms with Crippen LogP contribution in [0, 0.1) is 0 Å². The molecule has 3 aromatic rings. The molecule has 1 aliphatic rings. The average Bonchev–Trinajstić information content (AvgIpc) is 3.32. The first-order chi connectivity index (χ1) is 14.1. The standard InChI is InChI=1S/C19H26N6O3S/c1-3-4-10-25-15-14(16(26)21-18(25)27)24(2)13(20-15)11-29-19-23-22-17(28-19)12-8-6-5-7-9-12/h12H,3-11H2,1-2H3,(H,21,26,27). The van der Waals surface area contributed by atoms with Gasteiger partial charge in [-0.2, -0.15) is 0 Å². The highest BCUT2D eigenvalue weighted by atomic mass is 32.2. The zero-order valence-electron chi connectivity index (χ0n) is 16.8. The molecule has 0 radical (unpaired) electrons. The van der Waals surface area contributed by atoms with Gasteiger partial charge in [0.05, 0.1) is 5.75 Å². The third-order valence-electron chi connectivity index (χ3n) is 5.54. The molecular weight excluding hydrogens is 392 g/mol. The van der Waals surface area contributed by atoms with E-state index in [1.54, 1.807) is 16.2 Å². The third-order valence-corrected chi connectivity index (χ3v) is 6.36. The molecule has 0 aromatic carbocycles. The summed E-state index contributed by atoms with van der Waals surface area (Å²) in [6, 6.07) is 0. The van der Waals surface area contributed by atoms with E-state index in [-0.39, 0.29) is 0 Å². The molecule has 156 valence electrons. The summed E-state index contributed by atoms with van der Waals surface area (Å²) in [5.41, 5.74) is 0.00658. The zero-order valence-corrected chi connectivity index (χ0v) is 17.6. The van der Waals surface area contributed by atoms with Gasteiger partial charge in [0.1, 0.15) is 5.82 Å². The topological polar surface area (TPSA) is 112 Å². The number of nitrogens with one attached hydrogen (secondary N) is 1. The molecule has 3 aromatic heterocycles. The van der Waals surface area contributed by atoms with Crippen molar-refractivity contribution in [1.29, 1.82) is 0 Å². The van der Waals surface area contributed by atoms with Crippen LogP contribution in [0.4, 0.5) is 0 Å². The lowest BCUT2D eigenvalue weighted by Crippen LogP contribution is -2.31. The van der Waals surface area contributed by atoms with E-state index in [0.29, 0.717) is 40.4 Å². The fraction of sp³-hybridized carbons (Fsp3) is 0.632. The van der Waals surface area contributed by atoms with E-state index >= 15 is 0 Å². The summed E-state index contributed by atoms with van der Waals surface area (Å²) in [5, 5.41) is 8.90. The molecule has 1 N–H and O–H groups in total. The number of hydrogen-bond acceptors (Lipinski definition) is 7. The van der Waals surface area contributed by atoms with Crippen molar-refractivity contribution in [2.75, 3.05) is 0 Å². The van der Waals surface area contributed by atoms with Crippen LogP contribution < -0.4 is 11.2 Å². The summed E-state index contributed by atoms with van der Waals surface area (Å²) < 4.78 is 9.14. The van der Waals surface area contributed by atoms with Crippen LogP contribution >= 0.6 is 11.8 Å². The number of nitrogens with zero attached hydrogens (tertiary/aromatic N) is 5. The number of aromatic nitrogens is 6. The molecule has 0 aliphatic heterocycles. The van der Waals surface area contributed by atoms with Crippen molar-refractivity contribution in [1.82, 2.24) is 29.3 Å². The number of hydrogen-bond donors (Lipinski definition) is 1. The SMILES string of the molecule is CCCCn1c(=O)[nH]c(=O)c2c1nc(CSc1nnc(C3CCCCC3)o1)n2C. The first-order valence-electron chi connectivity index (χ1n) is 10.2. The minimum atomic E-state index is -0.415. The summed E-state index contributed by atoms with van der Waals surface area (Å²) in [5.74, 6) is 2.25. The molecule has 1 fully saturated rings. The second-order valence-corrected chi connectivity index (χ2v) is 8.48. The Morgan fingerprint density at radius 1 is 1.21 bits per heavy atom. The van der Waals surface area contributed by atoms with Crippen molar-refractivity contribution < 1.29 is 4.42 Å². The van der Waals surface area contributed by atoms with Gasteiger partial charge in [0, 0.05) is 19.5 Å². The smallest absolute Gasteiger partial charge is 0.330 e. The molecule has 0 amide bonds. The third kappa shape index (κ3) is 4.03. The second kappa shape index (κ2) is 8.56. The van der Waals surface area contributed by atoms with Gasteiger partial charge in [-0.1, -0.05) is 44.4 Å². The van der Waals surface area contributed by atoms with Gasteiger partial charge in [-0.05, 0) is 19.3 Å². The zero-order chi connectivity index (χ0) is 20.4. The van der Waals surface area contributed by atoms with Gasteiger partial charge in [-0.15, -0.1) is 10.2 Å². The van der Waals surface area contributed by atoms with E-state index in [0.717, 1.165) is 31.6 Å². The van der Waals surface area contributed by atoms with Crippen molar-refractivity contribution in [3.63, 3.8) is 0 Å². The van der Waals surface area contributed by atoms with Gasteiger partial charge in [0.25, 0.3) is 10.8 Å². The predicted molar refractivity (Wildman–Crippen MR) is 110 cm³/mol. The lowest BCUT2D eigenvalue weighted by atomic mass is 9.89. The van der Waals surface area contributed by atoms with Gasteiger partial charge in [-0.3, -0.25) is 14.3 Å². The van der Waals surface area contributed by atoms with Crippen LogP contribution in [0.3, 0.4) is 0 Å². The molecule has 0 atom stereocenters. The molecule has 10 heteroatoms. The quantitative estimate of drug-likeness (QED) is 0.587. The van der Waals surface area contributed by atoms with Crippen LogP contribution in [0.25, 0.3) is 11.2 Å². The Hall–Kier alpha value is -2.36. The average molecular weight is 419 g/mol. The number of H-pyrrole nitrogens is 1. The highest BCUT2D eigenvalue weighted by Crippen LogP contribution is 2.33. The predicted octanol–water partition coefficient (Wildman–Crippen LogP) is 2.95. The monoisotopic (exact) mass is 418 g/mol. The van der Waals surface area contributed by atoms with Crippen molar-refractivity contribution in [3.05, 3.63) is 32.6 Å². The fourth-order valence-electron chi connectivity index (χ4n) is 3.86. The van der Waals surface area contributed by atoms with Gasteiger partial charge in [0.2, 0.25) is 5.89 Å². The number of fused-ring (bicyclic) bond motifs is 1. The number of aryl methyl sites for hydroxylation is 2. The largest absolute Gasteiger partial charge is 0.416 e. The minimum Gasteiger partial charge on any atom is -0.416 e. The molecule has 0 saturated heterocycles. The van der Waals surface area contributed by atoms with Crippen molar-refractivity contribution in [2.45, 2.75) is 75.3 Å².